The molecule has 0 fully saturated rings. The normalized spacial score (nSPS) is 13.6. The number of rotatable bonds is 4. The van der Waals surface area contributed by atoms with Crippen molar-refractivity contribution in [2.45, 2.75) is 32.4 Å². The Bertz CT molecular complexity index is 231. The van der Waals surface area contributed by atoms with Crippen molar-refractivity contribution in [3.63, 3.8) is 0 Å². The molecule has 0 spiro atoms. The van der Waals surface area contributed by atoms with Gasteiger partial charge in [0.1, 0.15) is 0 Å². The lowest BCUT2D eigenvalue weighted by Gasteiger charge is -2.10. The maximum atomic E-state index is 12.1. The molecular formula is C9H14F2N2. The summed E-state index contributed by atoms with van der Waals surface area (Å²) in [5.41, 5.74) is 6.45. The second-order valence-electron chi connectivity index (χ2n) is 3.22. The third kappa shape index (κ3) is 3.14. The minimum atomic E-state index is -2.31. The molecule has 1 rings (SSSR count). The van der Waals surface area contributed by atoms with E-state index in [1.54, 1.807) is 16.8 Å². The zero-order valence-corrected chi connectivity index (χ0v) is 7.58. The zero-order chi connectivity index (χ0) is 9.84. The summed E-state index contributed by atoms with van der Waals surface area (Å²) in [6, 6.07) is 3.59. The number of hydrogen-bond acceptors (Lipinski definition) is 1. The Labute approximate surface area is 76.3 Å². The lowest BCUT2D eigenvalue weighted by Crippen LogP contribution is -2.20. The Balaban J connectivity index is 2.65. The predicted octanol–water partition coefficient (Wildman–Crippen LogP) is 1.64. The van der Waals surface area contributed by atoms with Gasteiger partial charge in [-0.2, -0.15) is 0 Å². The van der Waals surface area contributed by atoms with Crippen LogP contribution in [0.2, 0.25) is 0 Å². The highest BCUT2D eigenvalue weighted by molar-refractivity contribution is 5.08. The molecule has 1 aromatic heterocycles. The molecule has 0 bridgehead atoms. The molecule has 0 aliphatic carbocycles. The lowest BCUT2D eigenvalue weighted by molar-refractivity contribution is 0.125. The maximum absolute atomic E-state index is 12.1. The second-order valence-corrected chi connectivity index (χ2v) is 3.22. The molecule has 0 saturated heterocycles. The van der Waals surface area contributed by atoms with Gasteiger partial charge in [0, 0.05) is 24.4 Å². The summed E-state index contributed by atoms with van der Waals surface area (Å²) in [5, 5.41) is 0. The summed E-state index contributed by atoms with van der Waals surface area (Å²) >= 11 is 0. The number of hydrogen-bond donors (Lipinski definition) is 1. The van der Waals surface area contributed by atoms with Gasteiger partial charge < -0.3 is 10.3 Å². The van der Waals surface area contributed by atoms with E-state index in [1.165, 1.54) is 0 Å². The van der Waals surface area contributed by atoms with Crippen LogP contribution < -0.4 is 5.73 Å². The lowest BCUT2D eigenvalue weighted by atomic mass is 10.2. The van der Waals surface area contributed by atoms with Crippen LogP contribution in [-0.4, -0.2) is 17.0 Å². The van der Waals surface area contributed by atoms with Crippen LogP contribution in [0.3, 0.4) is 0 Å². The molecule has 0 aliphatic heterocycles. The van der Waals surface area contributed by atoms with Crippen LogP contribution >= 0.6 is 0 Å². The largest absolute Gasteiger partial charge is 0.346 e. The summed E-state index contributed by atoms with van der Waals surface area (Å²) in [4.78, 5) is 0. The molecule has 0 aromatic carbocycles. The second kappa shape index (κ2) is 4.37. The van der Waals surface area contributed by atoms with E-state index >= 15 is 0 Å². The molecule has 1 unspecified atom stereocenters. The van der Waals surface area contributed by atoms with E-state index in [-0.39, 0.29) is 12.6 Å². The first-order chi connectivity index (χ1) is 6.09. The smallest absolute Gasteiger partial charge is 0.256 e. The fourth-order valence-electron chi connectivity index (χ4n) is 1.29. The van der Waals surface area contributed by atoms with Gasteiger partial charge in [-0.05, 0) is 19.1 Å². The molecule has 4 heteroatoms. The van der Waals surface area contributed by atoms with Crippen molar-refractivity contribution >= 4 is 0 Å². The van der Waals surface area contributed by atoms with Crippen molar-refractivity contribution in [3.8, 4) is 0 Å². The highest BCUT2D eigenvalue weighted by Crippen LogP contribution is 2.07. The first-order valence-corrected chi connectivity index (χ1v) is 4.27. The van der Waals surface area contributed by atoms with Gasteiger partial charge in [0.05, 0.1) is 6.54 Å². The van der Waals surface area contributed by atoms with Crippen LogP contribution in [-0.2, 0) is 13.0 Å². The first-order valence-electron chi connectivity index (χ1n) is 4.27. The van der Waals surface area contributed by atoms with Crippen molar-refractivity contribution in [1.29, 1.82) is 0 Å². The van der Waals surface area contributed by atoms with E-state index in [0.29, 0.717) is 6.42 Å². The Morgan fingerprint density at radius 3 is 2.77 bits per heavy atom. The Morgan fingerprint density at radius 1 is 1.54 bits per heavy atom. The summed E-state index contributed by atoms with van der Waals surface area (Å²) in [7, 11) is 0. The number of halogens is 2. The van der Waals surface area contributed by atoms with Gasteiger partial charge in [0.2, 0.25) is 0 Å². The average Bonchev–Trinajstić information content (AvgIpc) is 2.34. The van der Waals surface area contributed by atoms with Crippen molar-refractivity contribution in [1.82, 2.24) is 4.57 Å². The van der Waals surface area contributed by atoms with Crippen molar-refractivity contribution in [2.75, 3.05) is 0 Å². The van der Waals surface area contributed by atoms with Crippen LogP contribution in [0.15, 0.2) is 18.3 Å². The topological polar surface area (TPSA) is 30.9 Å². The van der Waals surface area contributed by atoms with E-state index in [9.17, 15) is 8.78 Å². The van der Waals surface area contributed by atoms with E-state index < -0.39 is 6.43 Å². The fraction of sp³-hybridized carbons (Fsp3) is 0.556. The minimum absolute atomic E-state index is 0.00585. The number of alkyl halides is 2. The molecule has 2 N–H and O–H groups in total. The highest BCUT2D eigenvalue weighted by atomic mass is 19.3. The molecule has 0 amide bonds. The standard InChI is InChI=1S/C9H14F2N2/c1-7(12)5-8-3-2-4-13(8)6-9(10)11/h2-4,7,9H,5-6,12H2,1H3. The van der Waals surface area contributed by atoms with Crippen LogP contribution in [0.1, 0.15) is 12.6 Å². The van der Waals surface area contributed by atoms with Crippen LogP contribution in [0.5, 0.6) is 0 Å². The van der Waals surface area contributed by atoms with Gasteiger partial charge in [0.25, 0.3) is 6.43 Å². The maximum Gasteiger partial charge on any atom is 0.256 e. The van der Waals surface area contributed by atoms with Crippen LogP contribution in [0, 0.1) is 0 Å². The third-order valence-corrected chi connectivity index (χ3v) is 1.79. The Morgan fingerprint density at radius 2 is 2.23 bits per heavy atom. The number of nitrogens with zero attached hydrogens (tertiary/aromatic N) is 1. The van der Waals surface area contributed by atoms with Gasteiger partial charge in [-0.15, -0.1) is 0 Å². The SMILES string of the molecule is CC(N)Cc1cccn1CC(F)F. The van der Waals surface area contributed by atoms with Crippen molar-refractivity contribution in [2.24, 2.45) is 5.73 Å². The van der Waals surface area contributed by atoms with E-state index in [2.05, 4.69) is 0 Å². The third-order valence-electron chi connectivity index (χ3n) is 1.79. The van der Waals surface area contributed by atoms with E-state index in [1.807, 2.05) is 13.0 Å². The molecule has 1 atom stereocenters. The van der Waals surface area contributed by atoms with Crippen LogP contribution in [0.25, 0.3) is 0 Å². The van der Waals surface area contributed by atoms with Crippen molar-refractivity contribution < 1.29 is 8.78 Å². The van der Waals surface area contributed by atoms with Gasteiger partial charge in [-0.3, -0.25) is 0 Å². The summed E-state index contributed by atoms with van der Waals surface area (Å²) < 4.78 is 25.7. The highest BCUT2D eigenvalue weighted by Gasteiger charge is 2.08. The quantitative estimate of drug-likeness (QED) is 0.765. The number of nitrogens with two attached hydrogens (primary N) is 1. The Kier molecular flexibility index (Phi) is 3.42. The van der Waals surface area contributed by atoms with Crippen molar-refractivity contribution in [3.05, 3.63) is 24.0 Å². The molecule has 0 radical (unpaired) electrons. The molecule has 1 heterocycles. The monoisotopic (exact) mass is 188 g/mol. The van der Waals surface area contributed by atoms with Gasteiger partial charge >= 0.3 is 0 Å². The molecule has 0 saturated carbocycles. The van der Waals surface area contributed by atoms with E-state index in [4.69, 9.17) is 5.73 Å². The minimum Gasteiger partial charge on any atom is -0.346 e. The average molecular weight is 188 g/mol. The molecular weight excluding hydrogens is 174 g/mol. The molecule has 13 heavy (non-hydrogen) atoms. The molecule has 2 nitrogen and oxygen atoms in total. The summed E-state index contributed by atoms with van der Waals surface area (Å²) in [6.45, 7) is 1.62. The number of aromatic nitrogens is 1. The zero-order valence-electron chi connectivity index (χ0n) is 7.58. The molecule has 1 aromatic rings. The predicted molar refractivity (Wildman–Crippen MR) is 47.8 cm³/mol. The van der Waals surface area contributed by atoms with Gasteiger partial charge in [0.15, 0.2) is 0 Å². The molecule has 0 aliphatic rings. The first kappa shape index (κ1) is 10.2. The molecule has 74 valence electrons. The van der Waals surface area contributed by atoms with Crippen LogP contribution in [0.4, 0.5) is 8.78 Å². The van der Waals surface area contributed by atoms with Gasteiger partial charge in [-0.25, -0.2) is 8.78 Å². The van der Waals surface area contributed by atoms with Gasteiger partial charge in [-0.1, -0.05) is 0 Å². The summed E-state index contributed by atoms with van der Waals surface area (Å²) in [5.74, 6) is 0. The summed E-state index contributed by atoms with van der Waals surface area (Å²) in [6.07, 6.45) is -0.0110. The fourth-order valence-corrected chi connectivity index (χ4v) is 1.29. The Hall–Kier alpha value is -0.900. The van der Waals surface area contributed by atoms with E-state index in [0.717, 1.165) is 5.69 Å².